The third-order valence-corrected chi connectivity index (χ3v) is 3.52. The first-order valence-electron chi connectivity index (χ1n) is 5.95. The Hall–Kier alpha value is -1.60. The number of pyridine rings is 1. The standard InChI is InChI=1S/C13H18N4/c1-8-6-9(2)16-13(11(8)7-14)17-5-4-12(15)10(17)3/h6,10,12H,4-5,15H2,1-3H3. The van der Waals surface area contributed by atoms with E-state index in [4.69, 9.17) is 5.73 Å². The molecule has 1 aromatic heterocycles. The van der Waals surface area contributed by atoms with Crippen LogP contribution in [0.5, 0.6) is 0 Å². The Labute approximate surface area is 102 Å². The van der Waals surface area contributed by atoms with Gasteiger partial charge in [-0.15, -0.1) is 0 Å². The van der Waals surface area contributed by atoms with Gasteiger partial charge in [0.2, 0.25) is 0 Å². The van der Waals surface area contributed by atoms with Crippen LogP contribution < -0.4 is 10.6 Å². The zero-order valence-corrected chi connectivity index (χ0v) is 10.6. The van der Waals surface area contributed by atoms with Gasteiger partial charge in [-0.25, -0.2) is 4.98 Å². The molecule has 2 rings (SSSR count). The lowest BCUT2D eigenvalue weighted by molar-refractivity contribution is 0.621. The molecule has 2 unspecified atom stereocenters. The van der Waals surface area contributed by atoms with Crippen molar-refractivity contribution in [1.29, 1.82) is 5.26 Å². The zero-order valence-electron chi connectivity index (χ0n) is 10.6. The van der Waals surface area contributed by atoms with E-state index in [1.165, 1.54) is 0 Å². The maximum absolute atomic E-state index is 9.25. The zero-order chi connectivity index (χ0) is 12.6. The molecule has 0 radical (unpaired) electrons. The van der Waals surface area contributed by atoms with Crippen molar-refractivity contribution in [2.75, 3.05) is 11.4 Å². The number of nitriles is 1. The van der Waals surface area contributed by atoms with Gasteiger partial charge in [0.25, 0.3) is 0 Å². The minimum Gasteiger partial charge on any atom is -0.351 e. The molecule has 1 aromatic rings. The van der Waals surface area contributed by atoms with Crippen LogP contribution in [0.2, 0.25) is 0 Å². The highest BCUT2D eigenvalue weighted by molar-refractivity contribution is 5.59. The smallest absolute Gasteiger partial charge is 0.147 e. The van der Waals surface area contributed by atoms with Crippen LogP contribution in [-0.2, 0) is 0 Å². The maximum atomic E-state index is 9.25. The highest BCUT2D eigenvalue weighted by Crippen LogP contribution is 2.28. The highest BCUT2D eigenvalue weighted by Gasteiger charge is 2.30. The van der Waals surface area contributed by atoms with Crippen molar-refractivity contribution >= 4 is 5.82 Å². The van der Waals surface area contributed by atoms with E-state index in [0.717, 1.165) is 30.0 Å². The molecular weight excluding hydrogens is 212 g/mol. The first-order valence-corrected chi connectivity index (χ1v) is 5.95. The summed E-state index contributed by atoms with van der Waals surface area (Å²) in [4.78, 5) is 6.68. The van der Waals surface area contributed by atoms with Crippen LogP contribution in [-0.4, -0.2) is 23.6 Å². The van der Waals surface area contributed by atoms with E-state index in [1.54, 1.807) is 0 Å². The number of aryl methyl sites for hydroxylation is 2. The van der Waals surface area contributed by atoms with Crippen molar-refractivity contribution in [3.8, 4) is 6.07 Å². The van der Waals surface area contributed by atoms with Gasteiger partial charge in [-0.3, -0.25) is 0 Å². The van der Waals surface area contributed by atoms with E-state index in [9.17, 15) is 5.26 Å². The Bertz CT molecular complexity index is 475. The molecule has 17 heavy (non-hydrogen) atoms. The average molecular weight is 230 g/mol. The van der Waals surface area contributed by atoms with Gasteiger partial charge in [-0.2, -0.15) is 5.26 Å². The van der Waals surface area contributed by atoms with Gasteiger partial charge in [0.05, 0.1) is 5.56 Å². The molecular formula is C13H18N4. The second kappa shape index (κ2) is 4.34. The maximum Gasteiger partial charge on any atom is 0.147 e. The number of anilines is 1. The fourth-order valence-electron chi connectivity index (χ4n) is 2.43. The van der Waals surface area contributed by atoms with Crippen LogP contribution in [0.15, 0.2) is 6.07 Å². The molecule has 4 nitrogen and oxygen atoms in total. The lowest BCUT2D eigenvalue weighted by Crippen LogP contribution is -2.37. The molecule has 2 heterocycles. The van der Waals surface area contributed by atoms with Crippen LogP contribution in [0, 0.1) is 25.2 Å². The number of aromatic nitrogens is 1. The molecule has 4 heteroatoms. The fraction of sp³-hybridized carbons (Fsp3) is 0.538. The number of hydrogen-bond donors (Lipinski definition) is 1. The molecule has 2 N–H and O–H groups in total. The molecule has 0 spiro atoms. The van der Waals surface area contributed by atoms with E-state index in [2.05, 4.69) is 22.9 Å². The molecule has 0 aromatic carbocycles. The predicted octanol–water partition coefficient (Wildman–Crippen LogP) is 1.50. The monoisotopic (exact) mass is 230 g/mol. The Balaban J connectivity index is 2.49. The second-order valence-electron chi connectivity index (χ2n) is 4.78. The van der Waals surface area contributed by atoms with E-state index < -0.39 is 0 Å². The van der Waals surface area contributed by atoms with Gasteiger partial charge >= 0.3 is 0 Å². The molecule has 0 amide bonds. The van der Waals surface area contributed by atoms with Crippen molar-refractivity contribution in [1.82, 2.24) is 4.98 Å². The normalized spacial score (nSPS) is 23.8. The second-order valence-corrected chi connectivity index (χ2v) is 4.78. The van der Waals surface area contributed by atoms with Gasteiger partial charge < -0.3 is 10.6 Å². The summed E-state index contributed by atoms with van der Waals surface area (Å²) in [5, 5.41) is 9.25. The highest BCUT2D eigenvalue weighted by atomic mass is 15.2. The summed E-state index contributed by atoms with van der Waals surface area (Å²) in [7, 11) is 0. The van der Waals surface area contributed by atoms with Crippen LogP contribution in [0.1, 0.15) is 30.2 Å². The topological polar surface area (TPSA) is 65.9 Å². The molecule has 0 aliphatic carbocycles. The third-order valence-electron chi connectivity index (χ3n) is 3.52. The number of nitrogens with zero attached hydrogens (tertiary/aromatic N) is 3. The number of nitrogens with two attached hydrogens (primary N) is 1. The Morgan fingerprint density at radius 2 is 2.24 bits per heavy atom. The van der Waals surface area contributed by atoms with Crippen LogP contribution in [0.25, 0.3) is 0 Å². The molecule has 1 fully saturated rings. The van der Waals surface area contributed by atoms with E-state index in [1.807, 2.05) is 19.9 Å². The first kappa shape index (κ1) is 11.9. The van der Waals surface area contributed by atoms with Crippen molar-refractivity contribution in [2.24, 2.45) is 5.73 Å². The van der Waals surface area contributed by atoms with E-state index in [0.29, 0.717) is 5.56 Å². The Morgan fingerprint density at radius 1 is 1.53 bits per heavy atom. The lowest BCUT2D eigenvalue weighted by Gasteiger charge is -2.26. The largest absolute Gasteiger partial charge is 0.351 e. The van der Waals surface area contributed by atoms with Gasteiger partial charge in [0.1, 0.15) is 11.9 Å². The summed E-state index contributed by atoms with van der Waals surface area (Å²) in [5.74, 6) is 0.797. The van der Waals surface area contributed by atoms with Gasteiger partial charge in [0.15, 0.2) is 0 Å². The fourth-order valence-corrected chi connectivity index (χ4v) is 2.43. The molecule has 1 aliphatic heterocycles. The molecule has 90 valence electrons. The molecule has 0 bridgehead atoms. The minimum atomic E-state index is 0.171. The van der Waals surface area contributed by atoms with Crippen LogP contribution >= 0.6 is 0 Å². The summed E-state index contributed by atoms with van der Waals surface area (Å²) < 4.78 is 0. The van der Waals surface area contributed by atoms with Crippen molar-refractivity contribution in [3.05, 3.63) is 22.9 Å². The van der Waals surface area contributed by atoms with Gasteiger partial charge in [-0.1, -0.05) is 0 Å². The van der Waals surface area contributed by atoms with Gasteiger partial charge in [0, 0.05) is 24.3 Å². The molecule has 0 saturated carbocycles. The van der Waals surface area contributed by atoms with Crippen LogP contribution in [0.3, 0.4) is 0 Å². The lowest BCUT2D eigenvalue weighted by atomic mass is 10.1. The summed E-state index contributed by atoms with van der Waals surface area (Å²) in [6.07, 6.45) is 0.959. The molecule has 1 aliphatic rings. The van der Waals surface area contributed by atoms with Crippen molar-refractivity contribution < 1.29 is 0 Å². The summed E-state index contributed by atoms with van der Waals surface area (Å²) in [5.41, 5.74) is 8.64. The predicted molar refractivity (Wildman–Crippen MR) is 67.8 cm³/mol. The van der Waals surface area contributed by atoms with Crippen molar-refractivity contribution in [2.45, 2.75) is 39.3 Å². The first-order chi connectivity index (χ1) is 8.04. The van der Waals surface area contributed by atoms with E-state index in [-0.39, 0.29) is 12.1 Å². The average Bonchev–Trinajstić information content (AvgIpc) is 2.59. The minimum absolute atomic E-state index is 0.171. The Morgan fingerprint density at radius 3 is 2.76 bits per heavy atom. The van der Waals surface area contributed by atoms with E-state index >= 15 is 0 Å². The molecule has 2 atom stereocenters. The van der Waals surface area contributed by atoms with Crippen molar-refractivity contribution in [3.63, 3.8) is 0 Å². The number of hydrogen-bond acceptors (Lipinski definition) is 4. The van der Waals surface area contributed by atoms with Crippen LogP contribution in [0.4, 0.5) is 5.82 Å². The van der Waals surface area contributed by atoms with Gasteiger partial charge in [-0.05, 0) is 38.8 Å². The Kier molecular flexibility index (Phi) is 3.03. The summed E-state index contributed by atoms with van der Waals surface area (Å²) in [6.45, 7) is 6.89. The number of rotatable bonds is 1. The quantitative estimate of drug-likeness (QED) is 0.794. The SMILES string of the molecule is Cc1cc(C)c(C#N)c(N2CCC(N)C2C)n1. The summed E-state index contributed by atoms with van der Waals surface area (Å²) in [6, 6.07) is 4.62. The molecule has 1 saturated heterocycles. The summed E-state index contributed by atoms with van der Waals surface area (Å²) >= 11 is 0. The third kappa shape index (κ3) is 1.98.